The first-order chi connectivity index (χ1) is 13.1. The first-order valence-electron chi connectivity index (χ1n) is 8.66. The minimum Gasteiger partial charge on any atom is -0.334 e. The monoisotopic (exact) mass is 411 g/mol. The van der Waals surface area contributed by atoms with Crippen molar-refractivity contribution in [3.63, 3.8) is 0 Å². The van der Waals surface area contributed by atoms with Crippen LogP contribution in [0, 0.1) is 17.0 Å². The lowest BCUT2D eigenvalue weighted by Gasteiger charge is -2.33. The van der Waals surface area contributed by atoms with Crippen molar-refractivity contribution < 1.29 is 18.1 Å². The number of sulfonamides is 1. The van der Waals surface area contributed by atoms with Crippen LogP contribution >= 0.6 is 0 Å². The summed E-state index contributed by atoms with van der Waals surface area (Å²) in [4.78, 5) is 24.6. The van der Waals surface area contributed by atoms with Gasteiger partial charge in [0.2, 0.25) is 15.7 Å². The summed E-state index contributed by atoms with van der Waals surface area (Å²) in [6, 6.07) is 0. The number of rotatable bonds is 5. The molecule has 2 aromatic rings. The average molecular weight is 411 g/mol. The Hall–Kier alpha value is -2.80. The number of piperazine rings is 1. The van der Waals surface area contributed by atoms with Crippen molar-refractivity contribution in [3.8, 4) is 0 Å². The highest BCUT2D eigenvalue weighted by Crippen LogP contribution is 2.22. The van der Waals surface area contributed by atoms with Crippen LogP contribution in [0.25, 0.3) is 0 Å². The van der Waals surface area contributed by atoms with Crippen LogP contribution in [0.4, 0.5) is 5.69 Å². The SMILES string of the molecule is CCn1cc(S(=O)(=O)N2CCN(C(=O)c3nn(C)cc3[N+](=O)[O-])CC2)c(C)n1. The van der Waals surface area contributed by atoms with Gasteiger partial charge in [-0.25, -0.2) is 8.42 Å². The van der Waals surface area contributed by atoms with Crippen LogP contribution in [-0.4, -0.2) is 74.2 Å². The molecule has 0 aromatic carbocycles. The second-order valence-corrected chi connectivity index (χ2v) is 8.33. The van der Waals surface area contributed by atoms with Gasteiger partial charge in [-0.3, -0.25) is 24.3 Å². The molecule has 28 heavy (non-hydrogen) atoms. The molecule has 0 N–H and O–H groups in total. The highest BCUT2D eigenvalue weighted by Gasteiger charge is 2.35. The number of carbonyl (C=O) groups is 1. The topological polar surface area (TPSA) is 136 Å². The Balaban J connectivity index is 1.74. The second kappa shape index (κ2) is 7.31. The zero-order valence-corrected chi connectivity index (χ0v) is 16.6. The summed E-state index contributed by atoms with van der Waals surface area (Å²) in [5.41, 5.74) is -0.196. The molecule has 0 unspecified atom stereocenters. The molecular weight excluding hydrogens is 390 g/mol. The van der Waals surface area contributed by atoms with E-state index in [1.807, 2.05) is 6.92 Å². The van der Waals surface area contributed by atoms with E-state index >= 15 is 0 Å². The molecule has 0 aliphatic carbocycles. The van der Waals surface area contributed by atoms with Gasteiger partial charge in [0.05, 0.1) is 10.6 Å². The van der Waals surface area contributed by atoms with E-state index in [4.69, 9.17) is 0 Å². The molecular formula is C15H21N7O5S. The molecule has 12 nitrogen and oxygen atoms in total. The third-order valence-corrected chi connectivity index (χ3v) is 6.58. The normalized spacial score (nSPS) is 15.8. The molecule has 0 atom stereocenters. The van der Waals surface area contributed by atoms with E-state index in [0.717, 1.165) is 0 Å². The van der Waals surface area contributed by atoms with E-state index < -0.39 is 20.9 Å². The van der Waals surface area contributed by atoms with Crippen LogP contribution in [0.5, 0.6) is 0 Å². The summed E-state index contributed by atoms with van der Waals surface area (Å²) in [6.07, 6.45) is 2.67. The summed E-state index contributed by atoms with van der Waals surface area (Å²) in [6.45, 7) is 4.47. The van der Waals surface area contributed by atoms with E-state index in [2.05, 4.69) is 10.2 Å². The van der Waals surface area contributed by atoms with Gasteiger partial charge in [-0.2, -0.15) is 14.5 Å². The van der Waals surface area contributed by atoms with Crippen LogP contribution in [0.3, 0.4) is 0 Å². The largest absolute Gasteiger partial charge is 0.334 e. The van der Waals surface area contributed by atoms with Crippen molar-refractivity contribution in [2.45, 2.75) is 25.3 Å². The first kappa shape index (κ1) is 19.9. The number of nitrogens with zero attached hydrogens (tertiary/aromatic N) is 7. The Morgan fingerprint density at radius 2 is 1.86 bits per heavy atom. The Kier molecular flexibility index (Phi) is 5.21. The summed E-state index contributed by atoms with van der Waals surface area (Å²) in [5.74, 6) is -0.584. The Labute approximate surface area is 161 Å². The van der Waals surface area contributed by atoms with Gasteiger partial charge in [0, 0.05) is 46.0 Å². The van der Waals surface area contributed by atoms with Gasteiger partial charge in [0.25, 0.3) is 5.91 Å². The molecule has 0 saturated carbocycles. The van der Waals surface area contributed by atoms with E-state index in [9.17, 15) is 23.3 Å². The fourth-order valence-corrected chi connectivity index (χ4v) is 4.69. The Morgan fingerprint density at radius 3 is 2.39 bits per heavy atom. The van der Waals surface area contributed by atoms with E-state index in [1.54, 1.807) is 11.6 Å². The predicted molar refractivity (Wildman–Crippen MR) is 97.2 cm³/mol. The van der Waals surface area contributed by atoms with E-state index in [0.29, 0.717) is 12.2 Å². The average Bonchev–Trinajstić information content (AvgIpc) is 3.24. The van der Waals surface area contributed by atoms with Gasteiger partial charge in [-0.1, -0.05) is 0 Å². The van der Waals surface area contributed by atoms with Crippen molar-refractivity contribution >= 4 is 21.6 Å². The number of hydrogen-bond acceptors (Lipinski definition) is 7. The second-order valence-electron chi connectivity index (χ2n) is 6.42. The Bertz CT molecular complexity index is 1020. The van der Waals surface area contributed by atoms with E-state index in [-0.39, 0.29) is 42.5 Å². The zero-order chi connectivity index (χ0) is 20.6. The molecule has 1 amide bonds. The van der Waals surface area contributed by atoms with Crippen LogP contribution in [-0.2, 0) is 23.6 Å². The lowest BCUT2D eigenvalue weighted by atomic mass is 10.3. The highest BCUT2D eigenvalue weighted by atomic mass is 32.2. The third kappa shape index (κ3) is 3.49. The lowest BCUT2D eigenvalue weighted by molar-refractivity contribution is -0.385. The first-order valence-corrected chi connectivity index (χ1v) is 10.1. The summed E-state index contributed by atoms with van der Waals surface area (Å²) >= 11 is 0. The molecule has 3 rings (SSSR count). The van der Waals surface area contributed by atoms with Gasteiger partial charge in [-0.15, -0.1) is 0 Å². The van der Waals surface area contributed by atoms with Crippen molar-refractivity contribution in [1.29, 1.82) is 0 Å². The minimum absolute atomic E-state index is 0.0887. The molecule has 0 radical (unpaired) electrons. The number of aromatic nitrogens is 4. The quantitative estimate of drug-likeness (QED) is 0.499. The zero-order valence-electron chi connectivity index (χ0n) is 15.8. The molecule has 3 heterocycles. The number of hydrogen-bond donors (Lipinski definition) is 0. The van der Waals surface area contributed by atoms with Crippen molar-refractivity contribution in [2.24, 2.45) is 7.05 Å². The number of aryl methyl sites for hydroxylation is 3. The smallest absolute Gasteiger partial charge is 0.320 e. The van der Waals surface area contributed by atoms with Crippen LogP contribution in [0.15, 0.2) is 17.3 Å². The highest BCUT2D eigenvalue weighted by molar-refractivity contribution is 7.89. The fraction of sp³-hybridized carbons (Fsp3) is 0.533. The van der Waals surface area contributed by atoms with Crippen molar-refractivity contribution in [1.82, 2.24) is 28.8 Å². The molecule has 1 aliphatic heterocycles. The summed E-state index contributed by atoms with van der Waals surface area (Å²) in [7, 11) is -2.24. The molecule has 0 spiro atoms. The maximum absolute atomic E-state index is 12.9. The molecule has 152 valence electrons. The molecule has 1 aliphatic rings. The number of nitro groups is 1. The third-order valence-electron chi connectivity index (χ3n) is 4.58. The molecule has 2 aromatic heterocycles. The summed E-state index contributed by atoms with van der Waals surface area (Å²) in [5, 5.41) is 19.2. The lowest BCUT2D eigenvalue weighted by Crippen LogP contribution is -2.50. The van der Waals surface area contributed by atoms with Crippen molar-refractivity contribution in [3.05, 3.63) is 33.9 Å². The summed E-state index contributed by atoms with van der Waals surface area (Å²) < 4.78 is 29.9. The van der Waals surface area contributed by atoms with Gasteiger partial charge >= 0.3 is 5.69 Å². The fourth-order valence-electron chi connectivity index (χ4n) is 3.10. The van der Waals surface area contributed by atoms with Crippen LogP contribution in [0.2, 0.25) is 0 Å². The van der Waals surface area contributed by atoms with E-state index in [1.165, 1.54) is 33.3 Å². The van der Waals surface area contributed by atoms with Gasteiger partial charge in [0.15, 0.2) is 0 Å². The molecule has 0 bridgehead atoms. The Morgan fingerprint density at radius 1 is 1.21 bits per heavy atom. The van der Waals surface area contributed by atoms with Crippen LogP contribution in [0.1, 0.15) is 23.1 Å². The van der Waals surface area contributed by atoms with Crippen molar-refractivity contribution in [2.75, 3.05) is 26.2 Å². The standard InChI is InChI=1S/C15H21N7O5S/c1-4-20-10-13(11(2)16-20)28(26,27)21-7-5-19(6-8-21)15(23)14-12(22(24)25)9-18(3)17-14/h9-10H,4-8H2,1-3H3. The maximum Gasteiger partial charge on any atom is 0.320 e. The number of carbonyl (C=O) groups excluding carboxylic acids is 1. The number of amides is 1. The molecule has 13 heteroatoms. The molecule has 1 fully saturated rings. The molecule has 1 saturated heterocycles. The van der Waals surface area contributed by atoms with Gasteiger partial charge in [-0.05, 0) is 13.8 Å². The van der Waals surface area contributed by atoms with Crippen LogP contribution < -0.4 is 0 Å². The maximum atomic E-state index is 12.9. The minimum atomic E-state index is -3.73. The van der Waals surface area contributed by atoms with Gasteiger partial charge in [0.1, 0.15) is 11.1 Å². The predicted octanol–water partition coefficient (Wildman–Crippen LogP) is -0.000180. The van der Waals surface area contributed by atoms with Gasteiger partial charge < -0.3 is 4.90 Å².